The fourth-order valence-corrected chi connectivity index (χ4v) is 3.72. The Morgan fingerprint density at radius 2 is 1.04 bits per heavy atom. The van der Waals surface area contributed by atoms with E-state index in [1.807, 2.05) is 0 Å². The molecule has 0 unspecified atom stereocenters. The number of benzene rings is 2. The van der Waals surface area contributed by atoms with Crippen molar-refractivity contribution in [2.24, 2.45) is 5.92 Å². The molecule has 0 amide bonds. The zero-order valence-corrected chi connectivity index (χ0v) is 17.3. The molecule has 0 heterocycles. The second-order valence-electron chi connectivity index (χ2n) is 8.12. The van der Waals surface area contributed by atoms with Gasteiger partial charge in [-0.1, -0.05) is 105 Å². The summed E-state index contributed by atoms with van der Waals surface area (Å²) in [6.45, 7) is 6.64. The maximum absolute atomic E-state index is 2.31. The van der Waals surface area contributed by atoms with Crippen molar-refractivity contribution in [3.05, 3.63) is 70.8 Å². The van der Waals surface area contributed by atoms with Crippen molar-refractivity contribution in [1.82, 2.24) is 0 Å². The van der Waals surface area contributed by atoms with Crippen molar-refractivity contribution in [1.29, 1.82) is 0 Å². The van der Waals surface area contributed by atoms with Crippen molar-refractivity contribution in [3.8, 4) is 0 Å². The van der Waals surface area contributed by atoms with E-state index in [-0.39, 0.29) is 0 Å². The minimum absolute atomic E-state index is 0.860. The van der Waals surface area contributed by atoms with Gasteiger partial charge < -0.3 is 0 Å². The molecule has 0 aliphatic carbocycles. The summed E-state index contributed by atoms with van der Waals surface area (Å²) in [7, 11) is 0. The maximum Gasteiger partial charge on any atom is -0.0276 e. The molecule has 0 saturated carbocycles. The van der Waals surface area contributed by atoms with Gasteiger partial charge in [-0.2, -0.15) is 0 Å². The monoisotopic (exact) mass is 350 g/mol. The molecule has 0 saturated heterocycles. The summed E-state index contributed by atoms with van der Waals surface area (Å²) in [5.74, 6) is 0.860. The lowest BCUT2D eigenvalue weighted by Gasteiger charge is -2.17. The summed E-state index contributed by atoms with van der Waals surface area (Å²) in [6.07, 6.45) is 13.5. The molecule has 0 aliphatic heterocycles. The van der Waals surface area contributed by atoms with E-state index in [1.165, 1.54) is 86.5 Å². The van der Waals surface area contributed by atoms with Crippen LogP contribution in [0, 0.1) is 19.8 Å². The Balaban J connectivity index is 1.82. The smallest absolute Gasteiger partial charge is 0.0276 e. The highest BCUT2D eigenvalue weighted by Crippen LogP contribution is 2.23. The van der Waals surface area contributed by atoms with Crippen LogP contribution in [0.2, 0.25) is 0 Å². The molecule has 26 heavy (non-hydrogen) atoms. The van der Waals surface area contributed by atoms with Gasteiger partial charge in [0.1, 0.15) is 0 Å². The topological polar surface area (TPSA) is 0 Å². The van der Waals surface area contributed by atoms with Crippen LogP contribution in [0.1, 0.15) is 80.5 Å². The zero-order valence-electron chi connectivity index (χ0n) is 17.3. The van der Waals surface area contributed by atoms with E-state index < -0.39 is 0 Å². The van der Waals surface area contributed by atoms with Crippen molar-refractivity contribution < 1.29 is 0 Å². The van der Waals surface area contributed by atoms with Crippen LogP contribution in [0.25, 0.3) is 0 Å². The lowest BCUT2D eigenvalue weighted by atomic mass is 9.88. The highest BCUT2D eigenvalue weighted by Gasteiger charge is 2.10. The zero-order chi connectivity index (χ0) is 18.6. The lowest BCUT2D eigenvalue weighted by molar-refractivity contribution is 0.399. The van der Waals surface area contributed by atoms with Crippen molar-refractivity contribution >= 4 is 0 Å². The number of hydrogen-bond acceptors (Lipinski definition) is 0. The third-order valence-electron chi connectivity index (χ3n) is 5.64. The fraction of sp³-hybridized carbons (Fsp3) is 0.538. The number of rotatable bonds is 12. The molecule has 0 spiro atoms. The normalized spacial score (nSPS) is 11.2. The van der Waals surface area contributed by atoms with Gasteiger partial charge in [0.2, 0.25) is 0 Å². The van der Waals surface area contributed by atoms with Crippen LogP contribution in [-0.4, -0.2) is 0 Å². The van der Waals surface area contributed by atoms with Gasteiger partial charge in [-0.3, -0.25) is 0 Å². The molecule has 0 nitrogen and oxygen atoms in total. The molecule has 0 heteroatoms. The molecule has 2 aromatic rings. The first-order valence-corrected chi connectivity index (χ1v) is 10.8. The summed E-state index contributed by atoms with van der Waals surface area (Å²) < 4.78 is 0. The van der Waals surface area contributed by atoms with E-state index in [1.54, 1.807) is 0 Å². The third-order valence-corrected chi connectivity index (χ3v) is 5.64. The van der Waals surface area contributed by atoms with E-state index in [0.717, 1.165) is 5.92 Å². The second-order valence-corrected chi connectivity index (χ2v) is 8.12. The van der Waals surface area contributed by atoms with E-state index in [2.05, 4.69) is 69.3 Å². The van der Waals surface area contributed by atoms with E-state index in [4.69, 9.17) is 0 Å². The second kappa shape index (κ2) is 11.9. The van der Waals surface area contributed by atoms with Crippen LogP contribution in [-0.2, 0) is 12.8 Å². The van der Waals surface area contributed by atoms with Crippen molar-refractivity contribution in [3.63, 3.8) is 0 Å². The van der Waals surface area contributed by atoms with Crippen LogP contribution in [0.4, 0.5) is 0 Å². The molecule has 2 aromatic carbocycles. The van der Waals surface area contributed by atoms with Crippen molar-refractivity contribution in [2.45, 2.75) is 85.0 Å². The van der Waals surface area contributed by atoms with Gasteiger partial charge >= 0.3 is 0 Å². The van der Waals surface area contributed by atoms with Crippen LogP contribution in [0.5, 0.6) is 0 Å². The van der Waals surface area contributed by atoms with Gasteiger partial charge in [0.15, 0.2) is 0 Å². The summed E-state index contributed by atoms with van der Waals surface area (Å²) in [4.78, 5) is 0. The predicted octanol–water partition coefficient (Wildman–Crippen LogP) is 7.85. The quantitative estimate of drug-likeness (QED) is 0.342. The highest BCUT2D eigenvalue weighted by molar-refractivity contribution is 5.22. The van der Waals surface area contributed by atoms with E-state index in [0.29, 0.717) is 0 Å². The number of aryl methyl sites for hydroxylation is 4. The van der Waals surface area contributed by atoms with E-state index in [9.17, 15) is 0 Å². The minimum atomic E-state index is 0.860. The molecule has 0 bridgehead atoms. The fourth-order valence-electron chi connectivity index (χ4n) is 3.72. The first-order chi connectivity index (χ1) is 12.7. The van der Waals surface area contributed by atoms with Crippen LogP contribution in [0.15, 0.2) is 48.5 Å². The molecule has 0 aliphatic rings. The van der Waals surface area contributed by atoms with Gasteiger partial charge in [-0.15, -0.1) is 0 Å². The van der Waals surface area contributed by atoms with Crippen LogP contribution in [0.3, 0.4) is 0 Å². The highest BCUT2D eigenvalue weighted by atomic mass is 14.2. The van der Waals surface area contributed by atoms with Gasteiger partial charge in [0, 0.05) is 0 Å². The maximum atomic E-state index is 2.31. The summed E-state index contributed by atoms with van der Waals surface area (Å²) in [5, 5.41) is 0. The molecule has 0 fully saturated rings. The Hall–Kier alpha value is -1.56. The first kappa shape index (κ1) is 20.7. The Bertz CT molecular complexity index is 541. The average molecular weight is 351 g/mol. The minimum Gasteiger partial charge on any atom is -0.0654 e. The van der Waals surface area contributed by atoms with Gasteiger partial charge in [-0.25, -0.2) is 0 Å². The lowest BCUT2D eigenvalue weighted by Crippen LogP contribution is -2.05. The third kappa shape index (κ3) is 8.21. The van der Waals surface area contributed by atoms with E-state index >= 15 is 0 Å². The Labute approximate surface area is 162 Å². The van der Waals surface area contributed by atoms with Gasteiger partial charge in [0.25, 0.3) is 0 Å². The molecule has 2 rings (SSSR count). The molecule has 0 radical (unpaired) electrons. The van der Waals surface area contributed by atoms with Gasteiger partial charge in [0.05, 0.1) is 0 Å². The summed E-state index contributed by atoms with van der Waals surface area (Å²) in [5.41, 5.74) is 5.73. The summed E-state index contributed by atoms with van der Waals surface area (Å²) in [6, 6.07) is 18.3. The van der Waals surface area contributed by atoms with Gasteiger partial charge in [-0.05, 0) is 56.6 Å². The van der Waals surface area contributed by atoms with Crippen LogP contribution >= 0.6 is 0 Å². The Morgan fingerprint density at radius 3 is 1.50 bits per heavy atom. The average Bonchev–Trinajstić information content (AvgIpc) is 2.65. The summed E-state index contributed by atoms with van der Waals surface area (Å²) >= 11 is 0. The number of hydrogen-bond donors (Lipinski definition) is 0. The molecule has 0 N–H and O–H groups in total. The molecule has 0 atom stereocenters. The SMILES string of the molecule is CCCCCCCC(CCc1ccc(C)cc1)CCc1ccc(C)cc1. The number of unbranched alkanes of at least 4 members (excludes halogenated alkanes) is 4. The first-order valence-electron chi connectivity index (χ1n) is 10.8. The van der Waals surface area contributed by atoms with Crippen molar-refractivity contribution in [2.75, 3.05) is 0 Å². The largest absolute Gasteiger partial charge is 0.0654 e. The molecular weight excluding hydrogens is 312 g/mol. The van der Waals surface area contributed by atoms with Crippen LogP contribution < -0.4 is 0 Å². The molecule has 0 aromatic heterocycles. The standard InChI is InChI=1S/C26H38/c1-4-5-6-7-8-9-24(18-20-25-14-10-22(2)11-15-25)19-21-26-16-12-23(3)13-17-26/h10-17,24H,4-9,18-21H2,1-3H3. The Morgan fingerprint density at radius 1 is 0.577 bits per heavy atom. The Kier molecular flexibility index (Phi) is 9.53. The molecule has 142 valence electrons. The molecular formula is C26H38. The predicted molar refractivity (Wildman–Crippen MR) is 116 cm³/mol.